The highest BCUT2D eigenvalue weighted by Crippen LogP contribution is 2.24. The van der Waals surface area contributed by atoms with Crippen LogP contribution in [0.5, 0.6) is 0 Å². The van der Waals surface area contributed by atoms with Crippen molar-refractivity contribution in [3.63, 3.8) is 0 Å². The first kappa shape index (κ1) is 17.8. The van der Waals surface area contributed by atoms with Crippen molar-refractivity contribution in [1.82, 2.24) is 19.2 Å². The van der Waals surface area contributed by atoms with E-state index in [1.54, 1.807) is 4.57 Å². The van der Waals surface area contributed by atoms with Crippen molar-refractivity contribution in [3.05, 3.63) is 75.6 Å². The van der Waals surface area contributed by atoms with Gasteiger partial charge in [-0.1, -0.05) is 53.7 Å². The fraction of sp³-hybridized carbons (Fsp3) is 0.150. The number of hydrogen-bond donors (Lipinski definition) is 0. The molecule has 0 N–H and O–H groups in total. The molecule has 0 aliphatic heterocycles. The quantitative estimate of drug-likeness (QED) is 0.477. The summed E-state index contributed by atoms with van der Waals surface area (Å²) in [7, 11) is 0. The molecule has 4 aromatic rings. The first-order valence-corrected chi connectivity index (χ1v) is 9.88. The van der Waals surface area contributed by atoms with Gasteiger partial charge in [-0.15, -0.1) is 10.2 Å². The molecule has 2 aromatic carbocycles. The molecule has 136 valence electrons. The Hall–Kier alpha value is -2.57. The van der Waals surface area contributed by atoms with Crippen LogP contribution in [0.3, 0.4) is 0 Å². The van der Waals surface area contributed by atoms with Crippen LogP contribution in [0.25, 0.3) is 22.4 Å². The molecule has 27 heavy (non-hydrogen) atoms. The topological polar surface area (TPSA) is 52.2 Å². The Labute approximate surface area is 165 Å². The van der Waals surface area contributed by atoms with E-state index >= 15 is 0 Å². The van der Waals surface area contributed by atoms with Gasteiger partial charge in [0.1, 0.15) is 0 Å². The lowest BCUT2D eigenvalue weighted by molar-refractivity contribution is 0.929. The summed E-state index contributed by atoms with van der Waals surface area (Å²) in [6.45, 7) is 4.00. The monoisotopic (exact) mass is 396 g/mol. The summed E-state index contributed by atoms with van der Waals surface area (Å²) in [5, 5.41) is 10.0. The van der Waals surface area contributed by atoms with Gasteiger partial charge in [-0.25, -0.2) is 4.57 Å². The second-order valence-corrected chi connectivity index (χ2v) is 7.48. The number of benzene rings is 2. The summed E-state index contributed by atoms with van der Waals surface area (Å²) < 4.78 is 3.59. The third-order valence-electron chi connectivity index (χ3n) is 4.40. The molecule has 0 bridgehead atoms. The number of fused-ring (bicyclic) bond motifs is 3. The molecule has 2 aromatic heterocycles. The number of aryl methyl sites for hydroxylation is 2. The van der Waals surface area contributed by atoms with Crippen molar-refractivity contribution in [1.29, 1.82) is 0 Å². The summed E-state index contributed by atoms with van der Waals surface area (Å²) in [4.78, 5) is 13.3. The van der Waals surface area contributed by atoms with E-state index in [4.69, 9.17) is 11.6 Å². The summed E-state index contributed by atoms with van der Waals surface area (Å²) in [6.07, 6.45) is 1.84. The minimum Gasteiger partial charge on any atom is -0.268 e. The molecule has 0 aliphatic carbocycles. The van der Waals surface area contributed by atoms with E-state index in [-0.39, 0.29) is 5.56 Å². The van der Waals surface area contributed by atoms with Crippen LogP contribution in [0.2, 0.25) is 0 Å². The molecule has 0 radical (unpaired) electrons. The van der Waals surface area contributed by atoms with Crippen LogP contribution in [0.1, 0.15) is 11.1 Å². The Kier molecular flexibility index (Phi) is 4.76. The van der Waals surface area contributed by atoms with Crippen molar-refractivity contribution in [2.75, 3.05) is 5.75 Å². The third-order valence-corrected chi connectivity index (χ3v) is 5.46. The van der Waals surface area contributed by atoms with E-state index in [0.29, 0.717) is 16.9 Å². The minimum absolute atomic E-state index is 0.101. The number of nitrogens with zero attached hydrogens (tertiary/aromatic N) is 4. The number of thioether (sulfide) groups is 1. The van der Waals surface area contributed by atoms with Gasteiger partial charge in [0.25, 0.3) is 5.56 Å². The molecule has 0 spiro atoms. The lowest BCUT2D eigenvalue weighted by atomic mass is 10.1. The highest BCUT2D eigenvalue weighted by Gasteiger charge is 2.18. The lowest BCUT2D eigenvalue weighted by Gasteiger charge is -2.13. The van der Waals surface area contributed by atoms with Gasteiger partial charge >= 0.3 is 0 Å². The standard InChI is InChI=1S/C20H17ClN4OS/c1-13-8-9-14(2)17(12-13)24-18(26)15-6-3-4-7-16(15)25-19(24)22-23-20(25)27-11-5-10-21/h3-10,12H,11H2,1-2H3/b10-5+. The predicted molar refractivity (Wildman–Crippen MR) is 111 cm³/mol. The van der Waals surface area contributed by atoms with Gasteiger partial charge in [-0.3, -0.25) is 9.20 Å². The zero-order valence-corrected chi connectivity index (χ0v) is 16.5. The maximum Gasteiger partial charge on any atom is 0.267 e. The molecule has 0 saturated carbocycles. The maximum atomic E-state index is 13.3. The molecule has 2 heterocycles. The molecular formula is C20H17ClN4OS. The minimum atomic E-state index is -0.101. The third kappa shape index (κ3) is 3.05. The fourth-order valence-electron chi connectivity index (χ4n) is 3.11. The molecular weight excluding hydrogens is 380 g/mol. The van der Waals surface area contributed by atoms with Crippen LogP contribution in [0.4, 0.5) is 0 Å². The maximum absolute atomic E-state index is 13.3. The average Bonchev–Trinajstić information content (AvgIpc) is 3.09. The van der Waals surface area contributed by atoms with E-state index in [1.165, 1.54) is 17.3 Å². The zero-order valence-electron chi connectivity index (χ0n) is 14.9. The molecule has 7 heteroatoms. The Bertz CT molecular complexity index is 1240. The molecule has 5 nitrogen and oxygen atoms in total. The highest BCUT2D eigenvalue weighted by molar-refractivity contribution is 7.99. The number of aromatic nitrogens is 4. The zero-order chi connectivity index (χ0) is 19.0. The second kappa shape index (κ2) is 7.21. The van der Waals surface area contributed by atoms with Gasteiger partial charge in [0.05, 0.1) is 16.6 Å². The Balaban J connectivity index is 2.11. The van der Waals surface area contributed by atoms with Crippen LogP contribution in [-0.2, 0) is 0 Å². The Morgan fingerprint density at radius 1 is 1.15 bits per heavy atom. The molecule has 0 saturated heterocycles. The summed E-state index contributed by atoms with van der Waals surface area (Å²) in [5.74, 6) is 1.17. The SMILES string of the molecule is Cc1ccc(C)c(-n2c(=O)c3ccccc3n3c(SC/C=C/Cl)nnc23)c1. The first-order valence-electron chi connectivity index (χ1n) is 8.46. The number of rotatable bonds is 4. The van der Waals surface area contributed by atoms with Gasteiger partial charge < -0.3 is 0 Å². The van der Waals surface area contributed by atoms with Crippen LogP contribution >= 0.6 is 23.4 Å². The molecule has 4 rings (SSSR count). The molecule has 0 unspecified atom stereocenters. The van der Waals surface area contributed by atoms with E-state index in [2.05, 4.69) is 10.2 Å². The van der Waals surface area contributed by atoms with Crippen LogP contribution < -0.4 is 5.56 Å². The van der Waals surface area contributed by atoms with Crippen LogP contribution in [0.15, 0.2) is 64.0 Å². The van der Waals surface area contributed by atoms with E-state index in [1.807, 2.05) is 66.8 Å². The fourth-order valence-corrected chi connectivity index (χ4v) is 4.05. The van der Waals surface area contributed by atoms with Crippen molar-refractivity contribution in [2.45, 2.75) is 19.0 Å². The molecule has 0 atom stereocenters. The Morgan fingerprint density at radius 2 is 1.96 bits per heavy atom. The lowest BCUT2D eigenvalue weighted by Crippen LogP contribution is -2.22. The van der Waals surface area contributed by atoms with Gasteiger partial charge in [-0.2, -0.15) is 0 Å². The Morgan fingerprint density at radius 3 is 2.78 bits per heavy atom. The summed E-state index contributed by atoms with van der Waals surface area (Å²) >= 11 is 7.15. The van der Waals surface area contributed by atoms with Crippen LogP contribution in [-0.4, -0.2) is 24.9 Å². The van der Waals surface area contributed by atoms with Gasteiger partial charge in [0.15, 0.2) is 5.16 Å². The summed E-state index contributed by atoms with van der Waals surface area (Å²) in [6, 6.07) is 13.6. The van der Waals surface area contributed by atoms with Gasteiger partial charge in [0.2, 0.25) is 5.78 Å². The molecule has 0 amide bonds. The van der Waals surface area contributed by atoms with Crippen molar-refractivity contribution in [3.8, 4) is 5.69 Å². The van der Waals surface area contributed by atoms with E-state index in [9.17, 15) is 4.79 Å². The van der Waals surface area contributed by atoms with Gasteiger partial charge in [0, 0.05) is 11.3 Å². The van der Waals surface area contributed by atoms with E-state index in [0.717, 1.165) is 27.5 Å². The number of halogens is 1. The predicted octanol–water partition coefficient (Wildman–Crippen LogP) is 4.49. The highest BCUT2D eigenvalue weighted by atomic mass is 35.5. The van der Waals surface area contributed by atoms with E-state index < -0.39 is 0 Å². The smallest absolute Gasteiger partial charge is 0.267 e. The van der Waals surface area contributed by atoms with Crippen LogP contribution in [0, 0.1) is 13.8 Å². The van der Waals surface area contributed by atoms with Gasteiger partial charge in [-0.05, 0) is 43.2 Å². The average molecular weight is 397 g/mol. The second-order valence-electron chi connectivity index (χ2n) is 6.24. The largest absolute Gasteiger partial charge is 0.268 e. The first-order chi connectivity index (χ1) is 13.1. The number of hydrogen-bond acceptors (Lipinski definition) is 4. The number of para-hydroxylation sites is 1. The van der Waals surface area contributed by atoms with Crippen molar-refractivity contribution < 1.29 is 0 Å². The van der Waals surface area contributed by atoms with Crippen molar-refractivity contribution >= 4 is 40.0 Å². The molecule has 0 aliphatic rings. The molecule has 0 fully saturated rings. The van der Waals surface area contributed by atoms with Crippen molar-refractivity contribution in [2.24, 2.45) is 0 Å². The normalized spacial score (nSPS) is 11.8. The summed E-state index contributed by atoms with van der Waals surface area (Å²) in [5.41, 5.74) is 5.08.